The predicted octanol–water partition coefficient (Wildman–Crippen LogP) is 2.48. The molecule has 78 valence electrons. The second kappa shape index (κ2) is 3.38. The van der Waals surface area contributed by atoms with Crippen LogP contribution in [0.1, 0.15) is 12.8 Å². The lowest BCUT2D eigenvalue weighted by molar-refractivity contribution is 0.949. The van der Waals surface area contributed by atoms with Crippen molar-refractivity contribution in [3.05, 3.63) is 17.6 Å². The lowest BCUT2D eigenvalue weighted by Crippen LogP contribution is -2.17. The van der Waals surface area contributed by atoms with E-state index >= 15 is 0 Å². The fraction of sp³-hybridized carbons (Fsp3) is 0.364. The summed E-state index contributed by atoms with van der Waals surface area (Å²) in [6.07, 6.45) is 2.58. The summed E-state index contributed by atoms with van der Waals surface area (Å²) < 4.78 is 1.12. The van der Waals surface area contributed by atoms with Gasteiger partial charge >= 0.3 is 0 Å². The van der Waals surface area contributed by atoms with Crippen LogP contribution in [0.15, 0.2) is 17.6 Å². The molecule has 2 aromatic rings. The third kappa shape index (κ3) is 1.36. The monoisotopic (exact) mass is 219 g/mol. The fourth-order valence-corrected chi connectivity index (χ4v) is 2.91. The van der Waals surface area contributed by atoms with Crippen LogP contribution in [-0.4, -0.2) is 18.1 Å². The quantitative estimate of drug-likeness (QED) is 0.749. The van der Waals surface area contributed by atoms with Gasteiger partial charge in [0.25, 0.3) is 0 Å². The van der Waals surface area contributed by atoms with Gasteiger partial charge in [-0.05, 0) is 25.0 Å². The van der Waals surface area contributed by atoms with Crippen molar-refractivity contribution in [2.45, 2.75) is 12.8 Å². The first-order chi connectivity index (χ1) is 7.36. The van der Waals surface area contributed by atoms with Gasteiger partial charge in [0, 0.05) is 13.1 Å². The number of thiazole rings is 1. The van der Waals surface area contributed by atoms with E-state index in [0.29, 0.717) is 0 Å². The van der Waals surface area contributed by atoms with Gasteiger partial charge in [0.15, 0.2) is 0 Å². The van der Waals surface area contributed by atoms with Crippen molar-refractivity contribution in [2.24, 2.45) is 0 Å². The highest BCUT2D eigenvalue weighted by Crippen LogP contribution is 2.33. The average molecular weight is 219 g/mol. The molecule has 0 aliphatic carbocycles. The molecule has 0 saturated carbocycles. The Hall–Kier alpha value is -1.29. The topological polar surface area (TPSA) is 42.1 Å². The number of nitrogen functional groups attached to an aromatic ring is 1. The number of nitrogens with zero attached hydrogens (tertiary/aromatic N) is 2. The molecule has 0 bridgehead atoms. The SMILES string of the molecule is Nc1ccc(N2CCCC2)c2ncsc12. The summed E-state index contributed by atoms with van der Waals surface area (Å²) in [5.74, 6) is 0. The van der Waals surface area contributed by atoms with E-state index in [2.05, 4.69) is 16.0 Å². The first-order valence-corrected chi connectivity index (χ1v) is 6.11. The highest BCUT2D eigenvalue weighted by Gasteiger charge is 2.16. The highest BCUT2D eigenvalue weighted by atomic mass is 32.1. The minimum Gasteiger partial charge on any atom is -0.398 e. The van der Waals surface area contributed by atoms with Crippen LogP contribution in [0.5, 0.6) is 0 Å². The van der Waals surface area contributed by atoms with Gasteiger partial charge in [-0.15, -0.1) is 11.3 Å². The summed E-state index contributed by atoms with van der Waals surface area (Å²) in [6.45, 7) is 2.30. The van der Waals surface area contributed by atoms with Gasteiger partial charge in [-0.1, -0.05) is 0 Å². The molecule has 0 atom stereocenters. The molecule has 4 heteroatoms. The van der Waals surface area contributed by atoms with Gasteiger partial charge in [-0.3, -0.25) is 0 Å². The summed E-state index contributed by atoms with van der Waals surface area (Å²) in [7, 11) is 0. The minimum absolute atomic E-state index is 0.843. The van der Waals surface area contributed by atoms with Gasteiger partial charge in [-0.25, -0.2) is 4.98 Å². The Morgan fingerprint density at radius 1 is 1.27 bits per heavy atom. The molecule has 3 nitrogen and oxygen atoms in total. The van der Waals surface area contributed by atoms with E-state index in [-0.39, 0.29) is 0 Å². The van der Waals surface area contributed by atoms with Gasteiger partial charge in [0.1, 0.15) is 5.52 Å². The largest absolute Gasteiger partial charge is 0.398 e. The number of hydrogen-bond acceptors (Lipinski definition) is 4. The Morgan fingerprint density at radius 3 is 2.87 bits per heavy atom. The number of aromatic nitrogens is 1. The highest BCUT2D eigenvalue weighted by molar-refractivity contribution is 7.17. The average Bonchev–Trinajstić information content (AvgIpc) is 2.88. The maximum Gasteiger partial charge on any atom is 0.107 e. The number of nitrogens with two attached hydrogens (primary N) is 1. The Morgan fingerprint density at radius 2 is 2.07 bits per heavy atom. The summed E-state index contributed by atoms with van der Waals surface area (Å²) in [5.41, 5.74) is 11.0. The maximum absolute atomic E-state index is 5.92. The van der Waals surface area contributed by atoms with Crippen LogP contribution in [-0.2, 0) is 0 Å². The maximum atomic E-state index is 5.92. The summed E-state index contributed by atoms with van der Waals surface area (Å²) in [5, 5.41) is 0. The lowest BCUT2D eigenvalue weighted by Gasteiger charge is -2.18. The first-order valence-electron chi connectivity index (χ1n) is 5.23. The molecule has 0 radical (unpaired) electrons. The Bertz CT molecular complexity index is 486. The standard InChI is InChI=1S/C11H13N3S/c12-8-3-4-9(14-5-1-2-6-14)10-11(8)15-7-13-10/h3-4,7H,1-2,5-6,12H2. The predicted molar refractivity (Wildman–Crippen MR) is 65.5 cm³/mol. The van der Waals surface area contributed by atoms with Crippen molar-refractivity contribution in [1.82, 2.24) is 4.98 Å². The number of hydrogen-bond donors (Lipinski definition) is 1. The van der Waals surface area contributed by atoms with Crippen LogP contribution < -0.4 is 10.6 Å². The Labute approximate surface area is 92.5 Å². The van der Waals surface area contributed by atoms with Crippen LogP contribution in [0.3, 0.4) is 0 Å². The zero-order valence-corrected chi connectivity index (χ0v) is 9.26. The number of fused-ring (bicyclic) bond motifs is 1. The second-order valence-electron chi connectivity index (χ2n) is 3.90. The van der Waals surface area contributed by atoms with E-state index in [0.717, 1.165) is 29.0 Å². The van der Waals surface area contributed by atoms with Gasteiger partial charge in [0.2, 0.25) is 0 Å². The van der Waals surface area contributed by atoms with E-state index < -0.39 is 0 Å². The fourth-order valence-electron chi connectivity index (χ4n) is 2.17. The molecule has 1 aliphatic heterocycles. The van der Waals surface area contributed by atoms with E-state index in [1.165, 1.54) is 18.5 Å². The molecule has 3 rings (SSSR count). The third-order valence-electron chi connectivity index (χ3n) is 2.94. The van der Waals surface area contributed by atoms with Crippen molar-refractivity contribution in [2.75, 3.05) is 23.7 Å². The van der Waals surface area contributed by atoms with Crippen molar-refractivity contribution >= 4 is 32.9 Å². The smallest absolute Gasteiger partial charge is 0.107 e. The minimum atomic E-state index is 0.843. The van der Waals surface area contributed by atoms with E-state index in [9.17, 15) is 0 Å². The number of anilines is 2. The zero-order chi connectivity index (χ0) is 10.3. The molecule has 1 aliphatic rings. The van der Waals surface area contributed by atoms with Crippen molar-refractivity contribution < 1.29 is 0 Å². The van der Waals surface area contributed by atoms with Crippen molar-refractivity contribution in [3.8, 4) is 0 Å². The Balaban J connectivity index is 2.17. The van der Waals surface area contributed by atoms with E-state index in [1.807, 2.05) is 11.6 Å². The molecule has 1 aromatic carbocycles. The molecule has 0 amide bonds. The number of benzene rings is 1. The van der Waals surface area contributed by atoms with Crippen LogP contribution in [0.25, 0.3) is 10.2 Å². The third-order valence-corrected chi connectivity index (χ3v) is 3.82. The molecule has 1 fully saturated rings. The van der Waals surface area contributed by atoms with Gasteiger partial charge < -0.3 is 10.6 Å². The van der Waals surface area contributed by atoms with Crippen molar-refractivity contribution in [1.29, 1.82) is 0 Å². The summed E-state index contributed by atoms with van der Waals surface area (Å²) in [4.78, 5) is 6.83. The first kappa shape index (κ1) is 8.97. The Kier molecular flexibility index (Phi) is 2.02. The molecular weight excluding hydrogens is 206 g/mol. The summed E-state index contributed by atoms with van der Waals surface area (Å²) in [6, 6.07) is 4.09. The summed E-state index contributed by atoms with van der Waals surface area (Å²) >= 11 is 1.62. The van der Waals surface area contributed by atoms with Gasteiger partial charge in [0.05, 0.1) is 21.6 Å². The normalized spacial score (nSPS) is 16.4. The second-order valence-corrected chi connectivity index (χ2v) is 4.75. The molecule has 0 unspecified atom stereocenters. The number of rotatable bonds is 1. The van der Waals surface area contributed by atoms with Crippen molar-refractivity contribution in [3.63, 3.8) is 0 Å². The molecule has 15 heavy (non-hydrogen) atoms. The van der Waals surface area contributed by atoms with Crippen LogP contribution in [0.4, 0.5) is 11.4 Å². The molecular formula is C11H13N3S. The molecule has 2 N–H and O–H groups in total. The zero-order valence-electron chi connectivity index (χ0n) is 8.44. The molecule has 1 saturated heterocycles. The van der Waals surface area contributed by atoms with Crippen LogP contribution in [0, 0.1) is 0 Å². The van der Waals surface area contributed by atoms with Crippen LogP contribution >= 0.6 is 11.3 Å². The van der Waals surface area contributed by atoms with E-state index in [4.69, 9.17) is 5.73 Å². The molecule has 0 spiro atoms. The van der Waals surface area contributed by atoms with Gasteiger partial charge in [-0.2, -0.15) is 0 Å². The molecule has 1 aromatic heterocycles. The molecule has 2 heterocycles. The van der Waals surface area contributed by atoms with Crippen LogP contribution in [0.2, 0.25) is 0 Å². The lowest BCUT2D eigenvalue weighted by atomic mass is 10.2. The van der Waals surface area contributed by atoms with E-state index in [1.54, 1.807) is 11.3 Å².